The van der Waals surface area contributed by atoms with Crippen molar-refractivity contribution < 1.29 is 4.79 Å². The minimum absolute atomic E-state index is 0.0283. The quantitative estimate of drug-likeness (QED) is 0.448. The molecular weight excluding hydrogens is 174 g/mol. The fourth-order valence-corrected chi connectivity index (χ4v) is 1.76. The number of thioether (sulfide) groups is 1. The smallest absolute Gasteiger partial charge is 0.218 e. The second kappa shape index (κ2) is 4.35. The summed E-state index contributed by atoms with van der Waals surface area (Å²) in [5, 5.41) is 7.11. The maximum absolute atomic E-state index is 10.7. The largest absolute Gasteiger partial charge is 0.379 e. The number of nitrogens with one attached hydrogen (secondary N) is 1. The van der Waals surface area contributed by atoms with Gasteiger partial charge in [0.2, 0.25) is 5.91 Å². The third-order valence-corrected chi connectivity index (χ3v) is 2.80. The molecule has 0 heterocycles. The van der Waals surface area contributed by atoms with Crippen LogP contribution in [0, 0.1) is 5.41 Å². The molecule has 0 radical (unpaired) electrons. The van der Waals surface area contributed by atoms with Gasteiger partial charge in [0.1, 0.15) is 0 Å². The van der Waals surface area contributed by atoms with E-state index >= 15 is 0 Å². The zero-order valence-corrected chi connectivity index (χ0v) is 8.20. The number of rotatable bonds is 4. The molecule has 70 valence electrons. The molecular formula is C7H15N3OS. The predicted molar refractivity (Wildman–Crippen MR) is 52.0 cm³/mol. The Balaban J connectivity index is 4.23. The summed E-state index contributed by atoms with van der Waals surface area (Å²) >= 11 is 1.19. The van der Waals surface area contributed by atoms with E-state index in [1.165, 1.54) is 11.8 Å². The Morgan fingerprint density at radius 2 is 2.08 bits per heavy atom. The Morgan fingerprint density at radius 3 is 2.33 bits per heavy atom. The van der Waals surface area contributed by atoms with Gasteiger partial charge in [-0.25, -0.2) is 0 Å². The maximum atomic E-state index is 10.7. The van der Waals surface area contributed by atoms with Gasteiger partial charge in [0.05, 0.1) is 0 Å². The van der Waals surface area contributed by atoms with Crippen LogP contribution >= 0.6 is 11.8 Å². The Hall–Kier alpha value is -0.710. The number of carbonyl (C=O) groups is 1. The van der Waals surface area contributed by atoms with E-state index in [9.17, 15) is 4.79 Å². The van der Waals surface area contributed by atoms with Crippen molar-refractivity contribution >= 4 is 22.8 Å². The number of amidine groups is 1. The van der Waals surface area contributed by atoms with Gasteiger partial charge in [0, 0.05) is 11.2 Å². The van der Waals surface area contributed by atoms with Crippen molar-refractivity contribution in [3.05, 3.63) is 0 Å². The topological polar surface area (TPSA) is 93.0 Å². The van der Waals surface area contributed by atoms with Crippen LogP contribution in [0.15, 0.2) is 0 Å². The number of hydrogen-bond donors (Lipinski definition) is 3. The van der Waals surface area contributed by atoms with Crippen molar-refractivity contribution in [2.75, 3.05) is 0 Å². The Kier molecular flexibility index (Phi) is 4.09. The van der Waals surface area contributed by atoms with Gasteiger partial charge in [-0.05, 0) is 13.3 Å². The van der Waals surface area contributed by atoms with Crippen molar-refractivity contribution in [2.24, 2.45) is 11.5 Å². The molecule has 0 saturated carbocycles. The Bertz CT molecular complexity index is 177. The summed E-state index contributed by atoms with van der Waals surface area (Å²) in [7, 11) is 0. The molecule has 0 saturated heterocycles. The van der Waals surface area contributed by atoms with E-state index in [4.69, 9.17) is 16.9 Å². The standard InChI is InChI=1S/C7H15N3OS/c1-3-7(2,4-5(8)11)12-6(9)10/h3-4H2,1-2H3,(H2,8,11)(H3,9,10). The van der Waals surface area contributed by atoms with Crippen LogP contribution in [-0.4, -0.2) is 15.8 Å². The highest BCUT2D eigenvalue weighted by molar-refractivity contribution is 8.14. The average molecular weight is 189 g/mol. The maximum Gasteiger partial charge on any atom is 0.218 e. The summed E-state index contributed by atoms with van der Waals surface area (Å²) in [6.45, 7) is 3.82. The molecule has 12 heavy (non-hydrogen) atoms. The molecule has 5 heteroatoms. The highest BCUT2D eigenvalue weighted by Gasteiger charge is 2.26. The first kappa shape index (κ1) is 11.3. The normalized spacial score (nSPS) is 15.2. The molecule has 0 aromatic rings. The van der Waals surface area contributed by atoms with Crippen LogP contribution < -0.4 is 11.5 Å². The second-order valence-electron chi connectivity index (χ2n) is 2.91. The molecule has 0 fully saturated rings. The van der Waals surface area contributed by atoms with E-state index in [1.54, 1.807) is 0 Å². The summed E-state index contributed by atoms with van der Waals surface area (Å²) in [6.07, 6.45) is 1.02. The second-order valence-corrected chi connectivity index (χ2v) is 4.54. The summed E-state index contributed by atoms with van der Waals surface area (Å²) in [5.41, 5.74) is 10.3. The molecule has 0 aliphatic carbocycles. The molecule has 0 rings (SSSR count). The first-order valence-corrected chi connectivity index (χ1v) is 4.52. The summed E-state index contributed by atoms with van der Waals surface area (Å²) in [5.74, 6) is -0.354. The molecule has 5 N–H and O–H groups in total. The van der Waals surface area contributed by atoms with Gasteiger partial charge in [-0.3, -0.25) is 10.2 Å². The van der Waals surface area contributed by atoms with Crippen molar-refractivity contribution in [3.8, 4) is 0 Å². The molecule has 4 nitrogen and oxygen atoms in total. The van der Waals surface area contributed by atoms with E-state index in [0.29, 0.717) is 0 Å². The van der Waals surface area contributed by atoms with E-state index < -0.39 is 0 Å². The number of carbonyl (C=O) groups excluding carboxylic acids is 1. The third kappa shape index (κ3) is 4.23. The van der Waals surface area contributed by atoms with Crippen LogP contribution in [0.4, 0.5) is 0 Å². The van der Waals surface area contributed by atoms with Gasteiger partial charge in [-0.15, -0.1) is 0 Å². The fraction of sp³-hybridized carbons (Fsp3) is 0.714. The summed E-state index contributed by atoms with van der Waals surface area (Å²) < 4.78 is -0.322. The number of primary amides is 1. The van der Waals surface area contributed by atoms with Gasteiger partial charge in [0.25, 0.3) is 0 Å². The van der Waals surface area contributed by atoms with Gasteiger partial charge in [-0.2, -0.15) is 0 Å². The van der Waals surface area contributed by atoms with Crippen molar-refractivity contribution in [2.45, 2.75) is 31.4 Å². The van der Waals surface area contributed by atoms with Gasteiger partial charge in [0.15, 0.2) is 5.17 Å². The molecule has 0 spiro atoms. The minimum atomic E-state index is -0.354. The van der Waals surface area contributed by atoms with Crippen LogP contribution in [0.5, 0.6) is 0 Å². The van der Waals surface area contributed by atoms with Crippen LogP contribution in [0.2, 0.25) is 0 Å². The lowest BCUT2D eigenvalue weighted by Gasteiger charge is -2.24. The molecule has 0 aromatic heterocycles. The lowest BCUT2D eigenvalue weighted by Crippen LogP contribution is -2.30. The van der Waals surface area contributed by atoms with Crippen LogP contribution in [0.3, 0.4) is 0 Å². The first-order valence-electron chi connectivity index (χ1n) is 3.71. The fourth-order valence-electron chi connectivity index (χ4n) is 0.867. The van der Waals surface area contributed by atoms with Crippen molar-refractivity contribution in [3.63, 3.8) is 0 Å². The van der Waals surface area contributed by atoms with Crippen LogP contribution in [0.1, 0.15) is 26.7 Å². The average Bonchev–Trinajstić information content (AvgIpc) is 1.83. The molecule has 1 unspecified atom stereocenters. The third-order valence-electron chi connectivity index (χ3n) is 1.65. The lowest BCUT2D eigenvalue weighted by molar-refractivity contribution is -0.118. The van der Waals surface area contributed by atoms with Gasteiger partial charge < -0.3 is 11.5 Å². The summed E-state index contributed by atoms with van der Waals surface area (Å²) in [6, 6.07) is 0. The minimum Gasteiger partial charge on any atom is -0.379 e. The summed E-state index contributed by atoms with van der Waals surface area (Å²) in [4.78, 5) is 10.7. The molecule has 1 atom stereocenters. The first-order chi connectivity index (χ1) is 5.39. The monoisotopic (exact) mass is 189 g/mol. The molecule has 0 bridgehead atoms. The van der Waals surface area contributed by atoms with Gasteiger partial charge in [-0.1, -0.05) is 18.7 Å². The Morgan fingerprint density at radius 1 is 1.58 bits per heavy atom. The van der Waals surface area contributed by atoms with Crippen molar-refractivity contribution in [1.29, 1.82) is 5.41 Å². The lowest BCUT2D eigenvalue weighted by atomic mass is 10.0. The number of amides is 1. The van der Waals surface area contributed by atoms with Gasteiger partial charge >= 0.3 is 0 Å². The highest BCUT2D eigenvalue weighted by Crippen LogP contribution is 2.31. The Labute approximate surface area is 76.6 Å². The van der Waals surface area contributed by atoms with Crippen LogP contribution in [-0.2, 0) is 4.79 Å². The van der Waals surface area contributed by atoms with E-state index in [2.05, 4.69) is 0 Å². The molecule has 0 aliphatic rings. The van der Waals surface area contributed by atoms with E-state index in [1.807, 2.05) is 13.8 Å². The molecule has 0 aromatic carbocycles. The number of hydrogen-bond acceptors (Lipinski definition) is 3. The zero-order valence-electron chi connectivity index (χ0n) is 7.39. The molecule has 0 aliphatic heterocycles. The number of nitrogens with two attached hydrogens (primary N) is 2. The van der Waals surface area contributed by atoms with Crippen LogP contribution in [0.25, 0.3) is 0 Å². The van der Waals surface area contributed by atoms with E-state index in [-0.39, 0.29) is 22.2 Å². The predicted octanol–water partition coefficient (Wildman–Crippen LogP) is 0.657. The molecule has 1 amide bonds. The highest BCUT2D eigenvalue weighted by atomic mass is 32.2. The van der Waals surface area contributed by atoms with E-state index in [0.717, 1.165) is 6.42 Å². The SMILES string of the molecule is CCC(C)(CC(N)=O)SC(=N)N. The zero-order chi connectivity index (χ0) is 9.78. The van der Waals surface area contributed by atoms with Crippen molar-refractivity contribution in [1.82, 2.24) is 0 Å².